The Morgan fingerprint density at radius 3 is 2.79 bits per heavy atom. The molecule has 0 fully saturated rings. The van der Waals surface area contributed by atoms with E-state index in [1.54, 1.807) is 42.7 Å². The van der Waals surface area contributed by atoms with E-state index in [0.717, 1.165) is 11.1 Å². The van der Waals surface area contributed by atoms with Crippen molar-refractivity contribution in [1.82, 2.24) is 19.6 Å². The van der Waals surface area contributed by atoms with Crippen molar-refractivity contribution in [3.8, 4) is 11.4 Å². The van der Waals surface area contributed by atoms with Crippen molar-refractivity contribution >= 4 is 45.6 Å². The fourth-order valence-electron chi connectivity index (χ4n) is 2.21. The Balaban J connectivity index is 1.84. The van der Waals surface area contributed by atoms with Gasteiger partial charge in [0.05, 0.1) is 4.53 Å². The zero-order valence-corrected chi connectivity index (χ0v) is 14.3. The average Bonchev–Trinajstić information content (AvgIpc) is 3.11. The molecule has 0 aliphatic rings. The molecule has 3 aromatic heterocycles. The van der Waals surface area contributed by atoms with E-state index < -0.39 is 0 Å². The van der Waals surface area contributed by atoms with Crippen molar-refractivity contribution in [3.05, 3.63) is 73.2 Å². The van der Waals surface area contributed by atoms with Gasteiger partial charge in [0, 0.05) is 28.0 Å². The van der Waals surface area contributed by atoms with Crippen molar-refractivity contribution in [2.45, 2.75) is 0 Å². The Labute approximate surface area is 149 Å². The number of rotatable bonds is 2. The third-order valence-electron chi connectivity index (χ3n) is 3.35. The van der Waals surface area contributed by atoms with Crippen LogP contribution in [-0.4, -0.2) is 19.6 Å². The van der Waals surface area contributed by atoms with E-state index in [-0.39, 0.29) is 5.56 Å². The summed E-state index contributed by atoms with van der Waals surface area (Å²) in [6.45, 7) is 0. The van der Waals surface area contributed by atoms with E-state index >= 15 is 0 Å². The number of halogens is 2. The zero-order chi connectivity index (χ0) is 16.7. The highest BCUT2D eigenvalue weighted by Gasteiger charge is 2.12. The van der Waals surface area contributed by atoms with E-state index in [1.165, 1.54) is 15.9 Å². The van der Waals surface area contributed by atoms with Crippen LogP contribution in [-0.2, 0) is 0 Å². The molecule has 0 saturated carbocycles. The first-order chi connectivity index (χ1) is 11.6. The molecule has 24 heavy (non-hydrogen) atoms. The third-order valence-corrected chi connectivity index (χ3v) is 4.87. The molecule has 118 valence electrons. The molecule has 1 aromatic carbocycles. The van der Waals surface area contributed by atoms with Crippen LogP contribution in [0.15, 0.2) is 47.5 Å². The van der Waals surface area contributed by atoms with Crippen LogP contribution in [0.4, 0.5) is 0 Å². The summed E-state index contributed by atoms with van der Waals surface area (Å²) < 4.78 is 1.80. The molecular weight excluding hydrogens is 367 g/mol. The number of benzene rings is 1. The van der Waals surface area contributed by atoms with Gasteiger partial charge < -0.3 is 0 Å². The molecule has 0 spiro atoms. The summed E-state index contributed by atoms with van der Waals surface area (Å²) in [6.07, 6.45) is 5.04. The number of thiazole rings is 1. The number of fused-ring (bicyclic) bond motifs is 1. The van der Waals surface area contributed by atoms with E-state index in [2.05, 4.69) is 15.1 Å². The number of hydrogen-bond donors (Lipinski definition) is 0. The van der Waals surface area contributed by atoms with Crippen LogP contribution in [0.25, 0.3) is 22.4 Å². The van der Waals surface area contributed by atoms with Gasteiger partial charge in [0.25, 0.3) is 5.56 Å². The summed E-state index contributed by atoms with van der Waals surface area (Å²) in [4.78, 5) is 21.5. The maximum absolute atomic E-state index is 12.5. The molecule has 0 saturated heterocycles. The molecule has 0 aliphatic heterocycles. The van der Waals surface area contributed by atoms with Gasteiger partial charge in [-0.05, 0) is 35.9 Å². The Hall–Kier alpha value is -2.28. The minimum Gasteiger partial charge on any atom is -0.266 e. The smallest absolute Gasteiger partial charge is 0.266 e. The molecule has 0 radical (unpaired) electrons. The largest absolute Gasteiger partial charge is 0.291 e. The van der Waals surface area contributed by atoms with Gasteiger partial charge in [-0.25, -0.2) is 0 Å². The molecule has 0 amide bonds. The maximum Gasteiger partial charge on any atom is 0.291 e. The van der Waals surface area contributed by atoms with E-state index in [9.17, 15) is 4.79 Å². The predicted octanol–water partition coefficient (Wildman–Crippen LogP) is 3.07. The van der Waals surface area contributed by atoms with E-state index in [0.29, 0.717) is 25.4 Å². The summed E-state index contributed by atoms with van der Waals surface area (Å²) in [6, 6.07) is 8.76. The fourth-order valence-corrected chi connectivity index (χ4v) is 3.57. The van der Waals surface area contributed by atoms with Crippen molar-refractivity contribution in [2.75, 3.05) is 0 Å². The molecule has 3 heterocycles. The number of hydrogen-bond acceptors (Lipinski definition) is 5. The SMILES string of the molecule is O=c1/c(=C/c2ccc(Cl)cc2Cl)sc2nc(-c3cccnc3)nn12. The Morgan fingerprint density at radius 2 is 2.08 bits per heavy atom. The van der Waals surface area contributed by atoms with Gasteiger partial charge in [0.15, 0.2) is 5.82 Å². The highest BCUT2D eigenvalue weighted by atomic mass is 35.5. The maximum atomic E-state index is 12.5. The first kappa shape index (κ1) is 15.3. The molecule has 0 unspecified atom stereocenters. The fraction of sp³-hybridized carbons (Fsp3) is 0. The van der Waals surface area contributed by atoms with Gasteiger partial charge in [-0.2, -0.15) is 9.50 Å². The summed E-state index contributed by atoms with van der Waals surface area (Å²) in [5, 5.41) is 5.30. The molecule has 5 nitrogen and oxygen atoms in total. The van der Waals surface area contributed by atoms with Crippen LogP contribution in [0.5, 0.6) is 0 Å². The summed E-state index contributed by atoms with van der Waals surface area (Å²) >= 11 is 13.3. The van der Waals surface area contributed by atoms with Gasteiger partial charge >= 0.3 is 0 Å². The van der Waals surface area contributed by atoms with Crippen molar-refractivity contribution in [3.63, 3.8) is 0 Å². The summed E-state index contributed by atoms with van der Waals surface area (Å²) in [5.41, 5.74) is 1.25. The highest BCUT2D eigenvalue weighted by Crippen LogP contribution is 2.21. The molecule has 4 aromatic rings. The third kappa shape index (κ3) is 2.69. The molecule has 8 heteroatoms. The van der Waals surface area contributed by atoms with Crippen molar-refractivity contribution < 1.29 is 0 Å². The van der Waals surface area contributed by atoms with Crippen LogP contribution in [0.3, 0.4) is 0 Å². The molecule has 0 N–H and O–H groups in total. The van der Waals surface area contributed by atoms with Crippen LogP contribution >= 0.6 is 34.5 Å². The molecule has 4 rings (SSSR count). The second kappa shape index (κ2) is 5.98. The standard InChI is InChI=1S/C16H8Cl2N4OS/c17-11-4-3-9(12(18)7-11)6-13-15(23)22-16(24-13)20-14(21-22)10-2-1-5-19-8-10/h1-8H/b13-6-. The normalized spacial score (nSPS) is 12.2. The van der Waals surface area contributed by atoms with Crippen LogP contribution in [0, 0.1) is 0 Å². The van der Waals surface area contributed by atoms with Gasteiger partial charge in [-0.15, -0.1) is 5.10 Å². The lowest BCUT2D eigenvalue weighted by molar-refractivity contribution is 0.936. The second-order valence-corrected chi connectivity index (χ2v) is 6.81. The van der Waals surface area contributed by atoms with Crippen molar-refractivity contribution in [2.24, 2.45) is 0 Å². The minimum atomic E-state index is -0.233. The van der Waals surface area contributed by atoms with Gasteiger partial charge in [0.1, 0.15) is 0 Å². The Bertz CT molecular complexity index is 1150. The molecular formula is C16H8Cl2N4OS. The number of pyridine rings is 1. The quantitative estimate of drug-likeness (QED) is 0.540. The highest BCUT2D eigenvalue weighted by molar-refractivity contribution is 7.15. The molecule has 0 bridgehead atoms. The van der Waals surface area contributed by atoms with Crippen LogP contribution in [0.2, 0.25) is 10.0 Å². The first-order valence-corrected chi connectivity index (χ1v) is 8.46. The average molecular weight is 375 g/mol. The van der Waals surface area contributed by atoms with Gasteiger partial charge in [0.2, 0.25) is 4.96 Å². The van der Waals surface area contributed by atoms with Crippen LogP contribution < -0.4 is 10.1 Å². The van der Waals surface area contributed by atoms with E-state index in [1.807, 2.05) is 6.07 Å². The Morgan fingerprint density at radius 1 is 1.21 bits per heavy atom. The zero-order valence-electron chi connectivity index (χ0n) is 12.0. The van der Waals surface area contributed by atoms with E-state index in [4.69, 9.17) is 23.2 Å². The number of nitrogens with zero attached hydrogens (tertiary/aromatic N) is 4. The summed E-state index contributed by atoms with van der Waals surface area (Å²) in [7, 11) is 0. The molecule has 0 aliphatic carbocycles. The second-order valence-electron chi connectivity index (χ2n) is 4.95. The lowest BCUT2D eigenvalue weighted by atomic mass is 10.2. The lowest BCUT2D eigenvalue weighted by Crippen LogP contribution is -2.23. The van der Waals surface area contributed by atoms with Gasteiger partial charge in [-0.3, -0.25) is 9.78 Å². The Kier molecular flexibility index (Phi) is 3.80. The number of aromatic nitrogens is 4. The monoisotopic (exact) mass is 374 g/mol. The van der Waals surface area contributed by atoms with Gasteiger partial charge in [-0.1, -0.05) is 40.6 Å². The molecule has 0 atom stereocenters. The minimum absolute atomic E-state index is 0.233. The van der Waals surface area contributed by atoms with Crippen LogP contribution in [0.1, 0.15) is 5.56 Å². The predicted molar refractivity (Wildman–Crippen MR) is 95.6 cm³/mol. The first-order valence-electron chi connectivity index (χ1n) is 6.88. The lowest BCUT2D eigenvalue weighted by Gasteiger charge is -1.97. The van der Waals surface area contributed by atoms with Crippen molar-refractivity contribution in [1.29, 1.82) is 0 Å². The summed E-state index contributed by atoms with van der Waals surface area (Å²) in [5.74, 6) is 0.475. The topological polar surface area (TPSA) is 60.2 Å².